The number of benzene rings is 2. The second-order valence-electron chi connectivity index (χ2n) is 5.41. The number of hydrogen-bond acceptors (Lipinski definition) is 5. The Hall–Kier alpha value is -1.89. The maximum atomic E-state index is 12.7. The van der Waals surface area contributed by atoms with Gasteiger partial charge in [-0.25, -0.2) is 0 Å². The fourth-order valence-corrected chi connectivity index (χ4v) is 2.53. The van der Waals surface area contributed by atoms with Crippen LogP contribution in [0.2, 0.25) is 5.02 Å². The van der Waals surface area contributed by atoms with Crippen molar-refractivity contribution in [2.75, 3.05) is 25.9 Å². The van der Waals surface area contributed by atoms with E-state index in [4.69, 9.17) is 31.3 Å². The van der Waals surface area contributed by atoms with Crippen molar-refractivity contribution in [2.45, 2.75) is 6.18 Å². The molecule has 0 aliphatic rings. The van der Waals surface area contributed by atoms with E-state index >= 15 is 0 Å². The quantitative estimate of drug-likeness (QED) is 0.495. The first-order valence-corrected chi connectivity index (χ1v) is 9.84. The summed E-state index contributed by atoms with van der Waals surface area (Å²) >= 11 is 5.86. The Morgan fingerprint density at radius 2 is 1.85 bits per heavy atom. The minimum atomic E-state index is -4.50. The first-order valence-electron chi connectivity index (χ1n) is 7.21. The van der Waals surface area contributed by atoms with E-state index in [1.165, 1.54) is 32.0 Å². The molecule has 0 heterocycles. The van der Waals surface area contributed by atoms with Crippen LogP contribution in [-0.4, -0.2) is 20.1 Å². The van der Waals surface area contributed by atoms with Crippen LogP contribution in [0.15, 0.2) is 36.4 Å². The molecule has 0 amide bonds. The van der Waals surface area contributed by atoms with E-state index in [-0.39, 0.29) is 34.3 Å². The maximum absolute atomic E-state index is 12.7. The molecular formula is C16H16ClF3NO4P. The molecule has 0 aliphatic carbocycles. The first-order chi connectivity index (χ1) is 12.0. The van der Waals surface area contributed by atoms with Gasteiger partial charge in [0, 0.05) is 19.8 Å². The van der Waals surface area contributed by atoms with E-state index in [1.54, 1.807) is 0 Å². The van der Waals surface area contributed by atoms with Gasteiger partial charge < -0.3 is 19.7 Å². The fraction of sp³-hybridized carbons (Fsp3) is 0.250. The van der Waals surface area contributed by atoms with Gasteiger partial charge in [0.05, 0.1) is 16.3 Å². The van der Waals surface area contributed by atoms with E-state index in [0.29, 0.717) is 0 Å². The number of hydrogen-bond donors (Lipinski definition) is 1. The van der Waals surface area contributed by atoms with Crippen molar-refractivity contribution < 1.29 is 31.7 Å². The first kappa shape index (κ1) is 20.4. The molecule has 0 spiro atoms. The van der Waals surface area contributed by atoms with E-state index < -0.39 is 19.1 Å². The number of nitrogens with two attached hydrogens (primary N) is 1. The average molecular weight is 410 g/mol. The average Bonchev–Trinajstić information content (AvgIpc) is 2.56. The minimum absolute atomic E-state index is 0.0356. The van der Waals surface area contributed by atoms with Crippen LogP contribution >= 0.6 is 19.0 Å². The Morgan fingerprint density at radius 3 is 2.42 bits per heavy atom. The Bertz CT molecular complexity index is 845. The number of ether oxygens (including phenoxy) is 2. The maximum Gasteiger partial charge on any atom is 0.416 e. The van der Waals surface area contributed by atoms with Gasteiger partial charge in [-0.1, -0.05) is 11.6 Å². The summed E-state index contributed by atoms with van der Waals surface area (Å²) < 4.78 is 65.6. The molecule has 5 nitrogen and oxygen atoms in total. The monoisotopic (exact) mass is 409 g/mol. The van der Waals surface area contributed by atoms with Crippen LogP contribution < -0.4 is 15.2 Å². The molecule has 2 rings (SSSR count). The number of halogens is 4. The standard InChI is InChI=1S/C16H16ClF3NO4P/c1-23-26(2,22)9-24-15-8-11(4-5-13(15)21)25-14-6-3-10(7-12(14)17)16(18,19)20/h3-8H,9,21H2,1-2H3. The lowest BCUT2D eigenvalue weighted by Gasteiger charge is -2.15. The second kappa shape index (κ2) is 7.78. The van der Waals surface area contributed by atoms with Crippen molar-refractivity contribution in [3.63, 3.8) is 0 Å². The zero-order valence-corrected chi connectivity index (χ0v) is 15.5. The van der Waals surface area contributed by atoms with Gasteiger partial charge in [-0.05, 0) is 30.3 Å². The molecule has 2 N–H and O–H groups in total. The topological polar surface area (TPSA) is 70.8 Å². The van der Waals surface area contributed by atoms with E-state index in [0.717, 1.165) is 18.2 Å². The fourth-order valence-electron chi connectivity index (χ4n) is 1.83. The third-order valence-electron chi connectivity index (χ3n) is 3.31. The molecule has 1 atom stereocenters. The highest BCUT2D eigenvalue weighted by Crippen LogP contribution is 2.43. The van der Waals surface area contributed by atoms with Crippen molar-refractivity contribution in [3.8, 4) is 17.2 Å². The highest BCUT2D eigenvalue weighted by Gasteiger charge is 2.31. The van der Waals surface area contributed by atoms with Gasteiger partial charge in [0.25, 0.3) is 0 Å². The highest BCUT2D eigenvalue weighted by molar-refractivity contribution is 7.57. The third-order valence-corrected chi connectivity index (χ3v) is 4.98. The number of alkyl halides is 3. The molecule has 2 aromatic rings. The number of nitrogen functional groups attached to an aromatic ring is 1. The largest absolute Gasteiger partial charge is 0.481 e. The zero-order chi connectivity index (χ0) is 19.5. The van der Waals surface area contributed by atoms with Gasteiger partial charge in [0.2, 0.25) is 7.37 Å². The summed E-state index contributed by atoms with van der Waals surface area (Å²) in [6.07, 6.45) is -4.70. The third kappa shape index (κ3) is 5.30. The van der Waals surface area contributed by atoms with Gasteiger partial charge in [0.15, 0.2) is 6.35 Å². The molecule has 0 fully saturated rings. The predicted molar refractivity (Wildman–Crippen MR) is 93.4 cm³/mol. The lowest BCUT2D eigenvalue weighted by atomic mass is 10.2. The molecule has 1 unspecified atom stereocenters. The minimum Gasteiger partial charge on any atom is -0.481 e. The lowest BCUT2D eigenvalue weighted by molar-refractivity contribution is -0.137. The Labute approximate surface area is 153 Å². The summed E-state index contributed by atoms with van der Waals surface area (Å²) in [5.41, 5.74) is 5.18. The molecule has 10 heteroatoms. The van der Waals surface area contributed by atoms with E-state index in [9.17, 15) is 17.7 Å². The van der Waals surface area contributed by atoms with Crippen LogP contribution in [0, 0.1) is 0 Å². The van der Waals surface area contributed by atoms with Crippen molar-refractivity contribution in [1.29, 1.82) is 0 Å². The summed E-state index contributed by atoms with van der Waals surface area (Å²) in [6, 6.07) is 7.15. The molecule has 0 bridgehead atoms. The number of rotatable bonds is 6. The summed E-state index contributed by atoms with van der Waals surface area (Å²) in [6.45, 7) is 1.41. The molecule has 0 aromatic heterocycles. The number of anilines is 1. The molecule has 2 aromatic carbocycles. The molecule has 0 aliphatic heterocycles. The summed E-state index contributed by atoms with van der Waals surface area (Å²) in [7, 11) is -1.61. The van der Waals surface area contributed by atoms with Gasteiger partial charge in [-0.3, -0.25) is 4.57 Å². The Balaban J connectivity index is 2.20. The molecule has 142 valence electrons. The van der Waals surface area contributed by atoms with Gasteiger partial charge in [-0.2, -0.15) is 13.2 Å². The zero-order valence-electron chi connectivity index (χ0n) is 13.8. The second-order valence-corrected chi connectivity index (χ2v) is 8.47. The van der Waals surface area contributed by atoms with Gasteiger partial charge in [-0.15, -0.1) is 0 Å². The van der Waals surface area contributed by atoms with Crippen molar-refractivity contribution >= 4 is 24.7 Å². The molecule has 0 radical (unpaired) electrons. The van der Waals surface area contributed by atoms with E-state index in [1.807, 2.05) is 0 Å². The summed E-state index contributed by atoms with van der Waals surface area (Å²) in [5, 5.41) is -0.198. The molecular weight excluding hydrogens is 394 g/mol. The summed E-state index contributed by atoms with van der Waals surface area (Å²) in [4.78, 5) is 0. The van der Waals surface area contributed by atoms with Crippen LogP contribution in [0.3, 0.4) is 0 Å². The van der Waals surface area contributed by atoms with Crippen molar-refractivity contribution in [1.82, 2.24) is 0 Å². The normalized spacial score (nSPS) is 13.9. The Kier molecular flexibility index (Phi) is 6.11. The SMILES string of the molecule is COP(C)(=O)COc1cc(Oc2ccc(C(F)(F)F)cc2Cl)ccc1N. The smallest absolute Gasteiger partial charge is 0.416 e. The Morgan fingerprint density at radius 1 is 1.15 bits per heavy atom. The van der Waals surface area contributed by atoms with Crippen LogP contribution in [-0.2, 0) is 15.3 Å². The lowest BCUT2D eigenvalue weighted by Crippen LogP contribution is -2.04. The molecule has 26 heavy (non-hydrogen) atoms. The van der Waals surface area contributed by atoms with Gasteiger partial charge >= 0.3 is 6.18 Å². The van der Waals surface area contributed by atoms with Crippen molar-refractivity contribution in [3.05, 3.63) is 47.0 Å². The predicted octanol–water partition coefficient (Wildman–Crippen LogP) is 5.62. The van der Waals surface area contributed by atoms with Crippen molar-refractivity contribution in [2.24, 2.45) is 0 Å². The molecule has 0 saturated carbocycles. The van der Waals surface area contributed by atoms with Gasteiger partial charge in [0.1, 0.15) is 17.2 Å². The van der Waals surface area contributed by atoms with Crippen LogP contribution in [0.5, 0.6) is 17.2 Å². The molecule has 0 saturated heterocycles. The van der Waals surface area contributed by atoms with Crippen LogP contribution in [0.4, 0.5) is 18.9 Å². The van der Waals surface area contributed by atoms with Crippen LogP contribution in [0.1, 0.15) is 5.56 Å². The van der Waals surface area contributed by atoms with Crippen LogP contribution in [0.25, 0.3) is 0 Å². The van der Waals surface area contributed by atoms with E-state index in [2.05, 4.69) is 0 Å². The highest BCUT2D eigenvalue weighted by atomic mass is 35.5. The summed E-state index contributed by atoms with van der Waals surface area (Å²) in [5.74, 6) is 0.470.